The largest absolute Gasteiger partial charge is 0.319 e. The summed E-state index contributed by atoms with van der Waals surface area (Å²) in [6.07, 6.45) is 8.12. The Morgan fingerprint density at radius 1 is 1.31 bits per heavy atom. The summed E-state index contributed by atoms with van der Waals surface area (Å²) in [6, 6.07) is 4.22. The Bertz CT molecular complexity index is 323. The first-order chi connectivity index (χ1) is 7.74. The van der Waals surface area contributed by atoms with Crippen molar-refractivity contribution < 1.29 is 0 Å². The van der Waals surface area contributed by atoms with Gasteiger partial charge < -0.3 is 5.32 Å². The lowest BCUT2D eigenvalue weighted by Gasteiger charge is -2.37. The van der Waals surface area contributed by atoms with Crippen molar-refractivity contribution in [2.24, 2.45) is 5.41 Å². The van der Waals surface area contributed by atoms with E-state index < -0.39 is 0 Å². The van der Waals surface area contributed by atoms with E-state index in [9.17, 15) is 0 Å². The number of hydrogen-bond donors (Lipinski definition) is 1. The molecule has 1 aromatic rings. The van der Waals surface area contributed by atoms with Crippen molar-refractivity contribution in [3.05, 3.63) is 21.3 Å². The topological polar surface area (TPSA) is 12.0 Å². The Morgan fingerprint density at radius 3 is 2.62 bits per heavy atom. The van der Waals surface area contributed by atoms with Crippen molar-refractivity contribution >= 4 is 22.9 Å². The van der Waals surface area contributed by atoms with Gasteiger partial charge in [0.2, 0.25) is 0 Å². The molecule has 2 rings (SSSR count). The van der Waals surface area contributed by atoms with Crippen LogP contribution in [0.4, 0.5) is 0 Å². The van der Waals surface area contributed by atoms with Crippen molar-refractivity contribution in [1.82, 2.24) is 5.32 Å². The van der Waals surface area contributed by atoms with Gasteiger partial charge in [-0.1, -0.05) is 30.9 Å². The molecule has 16 heavy (non-hydrogen) atoms. The number of hydrogen-bond acceptors (Lipinski definition) is 2. The fourth-order valence-electron chi connectivity index (χ4n) is 2.91. The molecule has 0 aromatic carbocycles. The first-order valence-corrected chi connectivity index (χ1v) is 7.32. The van der Waals surface area contributed by atoms with Gasteiger partial charge in [-0.25, -0.2) is 0 Å². The first-order valence-electron chi connectivity index (χ1n) is 6.13. The van der Waals surface area contributed by atoms with E-state index in [0.717, 1.165) is 10.9 Å². The third-order valence-corrected chi connectivity index (χ3v) is 4.88. The summed E-state index contributed by atoms with van der Waals surface area (Å²) in [5.41, 5.74) is 0.487. The Kier molecular flexibility index (Phi) is 4.28. The number of nitrogens with one attached hydrogen (secondary N) is 1. The van der Waals surface area contributed by atoms with Crippen molar-refractivity contribution in [3.63, 3.8) is 0 Å². The Hall–Kier alpha value is -0.0500. The molecule has 0 bridgehead atoms. The molecule has 1 fully saturated rings. The van der Waals surface area contributed by atoms with E-state index >= 15 is 0 Å². The standard InChI is InChI=1S/C13H20ClNS/c1-15-10-13(7-3-2-4-8-13)9-11-5-6-12(14)16-11/h5-6,15H,2-4,7-10H2,1H3. The molecule has 1 aliphatic carbocycles. The molecule has 1 N–H and O–H groups in total. The molecular formula is C13H20ClNS. The van der Waals surface area contributed by atoms with Crippen LogP contribution in [0, 0.1) is 5.41 Å². The molecule has 0 radical (unpaired) electrons. The zero-order chi connectivity index (χ0) is 11.4. The van der Waals surface area contributed by atoms with Crippen LogP contribution in [0.25, 0.3) is 0 Å². The van der Waals surface area contributed by atoms with Crippen LogP contribution in [0.15, 0.2) is 12.1 Å². The third-order valence-electron chi connectivity index (χ3n) is 3.64. The summed E-state index contributed by atoms with van der Waals surface area (Å²) in [7, 11) is 2.07. The molecule has 1 aromatic heterocycles. The van der Waals surface area contributed by atoms with Crippen LogP contribution >= 0.6 is 22.9 Å². The monoisotopic (exact) mass is 257 g/mol. The van der Waals surface area contributed by atoms with Gasteiger partial charge in [0, 0.05) is 11.4 Å². The van der Waals surface area contributed by atoms with Crippen LogP contribution in [0.5, 0.6) is 0 Å². The summed E-state index contributed by atoms with van der Waals surface area (Å²) >= 11 is 7.75. The van der Waals surface area contributed by atoms with Gasteiger partial charge in [-0.3, -0.25) is 0 Å². The normalized spacial score (nSPS) is 19.9. The Labute approximate surface area is 107 Å². The molecule has 1 aliphatic rings. The van der Waals surface area contributed by atoms with E-state index in [4.69, 9.17) is 11.6 Å². The summed E-state index contributed by atoms with van der Waals surface area (Å²) in [4.78, 5) is 1.45. The molecule has 0 aliphatic heterocycles. The van der Waals surface area contributed by atoms with Gasteiger partial charge in [0.25, 0.3) is 0 Å². The summed E-state index contributed by atoms with van der Waals surface area (Å²) in [5, 5.41) is 3.38. The lowest BCUT2D eigenvalue weighted by molar-refractivity contribution is 0.186. The van der Waals surface area contributed by atoms with Crippen LogP contribution in [-0.4, -0.2) is 13.6 Å². The first kappa shape index (κ1) is 12.4. The second-order valence-corrected chi connectivity index (χ2v) is 6.77. The van der Waals surface area contributed by atoms with Crippen molar-refractivity contribution in [2.75, 3.05) is 13.6 Å². The fraction of sp³-hybridized carbons (Fsp3) is 0.692. The quantitative estimate of drug-likeness (QED) is 0.856. The predicted molar refractivity (Wildman–Crippen MR) is 72.5 cm³/mol. The molecule has 0 saturated heterocycles. The van der Waals surface area contributed by atoms with E-state index in [1.165, 1.54) is 43.4 Å². The summed E-state index contributed by atoms with van der Waals surface area (Å²) in [5.74, 6) is 0. The van der Waals surface area contributed by atoms with Crippen LogP contribution in [0.1, 0.15) is 37.0 Å². The maximum Gasteiger partial charge on any atom is 0.0931 e. The van der Waals surface area contributed by atoms with Gasteiger partial charge in [-0.05, 0) is 43.9 Å². The van der Waals surface area contributed by atoms with Gasteiger partial charge in [0.1, 0.15) is 0 Å². The highest BCUT2D eigenvalue weighted by Gasteiger charge is 2.31. The lowest BCUT2D eigenvalue weighted by atomic mass is 9.71. The van der Waals surface area contributed by atoms with Crippen LogP contribution < -0.4 is 5.32 Å². The van der Waals surface area contributed by atoms with Gasteiger partial charge in [-0.15, -0.1) is 11.3 Å². The number of halogens is 1. The van der Waals surface area contributed by atoms with Crippen LogP contribution in [0.2, 0.25) is 4.34 Å². The average Bonchev–Trinajstić information content (AvgIpc) is 2.65. The maximum atomic E-state index is 6.00. The molecule has 0 spiro atoms. The number of rotatable bonds is 4. The van der Waals surface area contributed by atoms with Gasteiger partial charge in [0.15, 0.2) is 0 Å². The van der Waals surface area contributed by atoms with Crippen LogP contribution in [-0.2, 0) is 6.42 Å². The second kappa shape index (κ2) is 5.52. The second-order valence-electron chi connectivity index (χ2n) is 4.97. The molecule has 0 atom stereocenters. The molecule has 0 unspecified atom stereocenters. The fourth-order valence-corrected chi connectivity index (χ4v) is 4.17. The zero-order valence-electron chi connectivity index (χ0n) is 9.89. The van der Waals surface area contributed by atoms with Crippen LogP contribution in [0.3, 0.4) is 0 Å². The molecule has 0 amide bonds. The highest BCUT2D eigenvalue weighted by Crippen LogP contribution is 2.40. The van der Waals surface area contributed by atoms with E-state index in [1.807, 2.05) is 6.07 Å². The van der Waals surface area contributed by atoms with Crippen molar-refractivity contribution in [3.8, 4) is 0 Å². The van der Waals surface area contributed by atoms with Gasteiger partial charge in [0.05, 0.1) is 4.34 Å². The lowest BCUT2D eigenvalue weighted by Crippen LogP contribution is -2.36. The van der Waals surface area contributed by atoms with E-state index in [-0.39, 0.29) is 0 Å². The van der Waals surface area contributed by atoms with E-state index in [2.05, 4.69) is 18.4 Å². The molecule has 3 heteroatoms. The summed E-state index contributed by atoms with van der Waals surface area (Å²) < 4.78 is 0.922. The number of thiophene rings is 1. The summed E-state index contributed by atoms with van der Waals surface area (Å²) in [6.45, 7) is 1.14. The Balaban J connectivity index is 2.06. The molecule has 1 heterocycles. The highest BCUT2D eigenvalue weighted by atomic mass is 35.5. The smallest absolute Gasteiger partial charge is 0.0931 e. The molecular weight excluding hydrogens is 238 g/mol. The Morgan fingerprint density at radius 2 is 2.06 bits per heavy atom. The predicted octanol–water partition coefficient (Wildman–Crippen LogP) is 4.11. The average molecular weight is 258 g/mol. The molecule has 90 valence electrons. The van der Waals surface area contributed by atoms with Gasteiger partial charge >= 0.3 is 0 Å². The van der Waals surface area contributed by atoms with Crippen molar-refractivity contribution in [1.29, 1.82) is 0 Å². The third kappa shape index (κ3) is 2.99. The minimum absolute atomic E-state index is 0.487. The minimum Gasteiger partial charge on any atom is -0.319 e. The van der Waals surface area contributed by atoms with Gasteiger partial charge in [-0.2, -0.15) is 0 Å². The van der Waals surface area contributed by atoms with E-state index in [1.54, 1.807) is 11.3 Å². The maximum absolute atomic E-state index is 6.00. The highest BCUT2D eigenvalue weighted by molar-refractivity contribution is 7.16. The zero-order valence-corrected chi connectivity index (χ0v) is 11.5. The van der Waals surface area contributed by atoms with Crippen molar-refractivity contribution in [2.45, 2.75) is 38.5 Å². The molecule has 1 saturated carbocycles. The molecule has 1 nitrogen and oxygen atoms in total. The van der Waals surface area contributed by atoms with E-state index in [0.29, 0.717) is 5.41 Å². The minimum atomic E-state index is 0.487. The SMILES string of the molecule is CNCC1(Cc2ccc(Cl)s2)CCCCC1.